The van der Waals surface area contributed by atoms with E-state index in [1.807, 2.05) is 24.3 Å². The minimum Gasteiger partial charge on any atom is -0.338 e. The smallest absolute Gasteiger partial charge is 0.319 e. The molecule has 2 aromatic carbocycles. The Morgan fingerprint density at radius 2 is 1.74 bits per heavy atom. The summed E-state index contributed by atoms with van der Waals surface area (Å²) >= 11 is 0. The molecule has 4 amide bonds. The summed E-state index contributed by atoms with van der Waals surface area (Å²) in [6.07, 6.45) is 3.62. The van der Waals surface area contributed by atoms with Crippen LogP contribution >= 0.6 is 0 Å². The number of anilines is 1. The second-order valence-electron chi connectivity index (χ2n) is 7.28. The lowest BCUT2D eigenvalue weighted by Gasteiger charge is -2.14. The monoisotopic (exact) mass is 424 g/mol. The Labute approximate surface area is 179 Å². The summed E-state index contributed by atoms with van der Waals surface area (Å²) in [5, 5.41) is 16.3. The van der Waals surface area contributed by atoms with Gasteiger partial charge in [0.2, 0.25) is 0 Å². The molecule has 31 heavy (non-hydrogen) atoms. The third-order valence-electron chi connectivity index (χ3n) is 5.04. The van der Waals surface area contributed by atoms with Gasteiger partial charge in [-0.25, -0.2) is 4.79 Å². The number of carbonyl (C=O) groups excluding carboxylic acids is 3. The first-order valence-electron chi connectivity index (χ1n) is 10.2. The number of nitro benzene ring substituents is 1. The van der Waals surface area contributed by atoms with Crippen LogP contribution in [0.2, 0.25) is 0 Å². The highest BCUT2D eigenvalue weighted by Crippen LogP contribution is 2.26. The van der Waals surface area contributed by atoms with Crippen LogP contribution < -0.4 is 10.6 Å². The number of rotatable bonds is 9. The first kappa shape index (κ1) is 21.9. The average Bonchev–Trinajstić information content (AvgIpc) is 3.00. The van der Waals surface area contributed by atoms with Crippen LogP contribution in [0, 0.1) is 10.1 Å². The molecule has 2 N–H and O–H groups in total. The van der Waals surface area contributed by atoms with Gasteiger partial charge >= 0.3 is 6.03 Å². The molecule has 0 saturated heterocycles. The predicted molar refractivity (Wildman–Crippen MR) is 115 cm³/mol. The lowest BCUT2D eigenvalue weighted by Crippen LogP contribution is -2.35. The molecule has 0 fully saturated rings. The van der Waals surface area contributed by atoms with Crippen molar-refractivity contribution in [3.8, 4) is 0 Å². The van der Waals surface area contributed by atoms with E-state index in [1.165, 1.54) is 17.7 Å². The van der Waals surface area contributed by atoms with Crippen molar-refractivity contribution in [2.24, 2.45) is 0 Å². The van der Waals surface area contributed by atoms with Gasteiger partial charge in [-0.1, -0.05) is 25.5 Å². The fourth-order valence-corrected chi connectivity index (χ4v) is 3.35. The van der Waals surface area contributed by atoms with Crippen molar-refractivity contribution in [1.29, 1.82) is 0 Å². The van der Waals surface area contributed by atoms with Crippen LogP contribution in [0.3, 0.4) is 0 Å². The molecule has 0 aromatic heterocycles. The molecule has 0 radical (unpaired) electrons. The number of hydrogen-bond acceptors (Lipinski definition) is 5. The normalized spacial score (nSPS) is 12.6. The number of non-ortho nitro benzene ring substituents is 1. The molecular formula is C22H24N4O5. The van der Waals surface area contributed by atoms with Crippen molar-refractivity contribution >= 4 is 29.2 Å². The zero-order chi connectivity index (χ0) is 22.4. The number of aryl methyl sites for hydroxylation is 1. The Hall–Kier alpha value is -3.75. The number of unbranched alkanes of at least 4 members (excludes halogenated alkanes) is 1. The van der Waals surface area contributed by atoms with Gasteiger partial charge in [0.1, 0.15) is 0 Å². The highest BCUT2D eigenvalue weighted by molar-refractivity contribution is 6.21. The van der Waals surface area contributed by atoms with Gasteiger partial charge in [0.15, 0.2) is 0 Å². The number of urea groups is 1. The van der Waals surface area contributed by atoms with Crippen molar-refractivity contribution in [3.63, 3.8) is 0 Å². The predicted octanol–water partition coefficient (Wildman–Crippen LogP) is 3.75. The standard InChI is InChI=1S/C22H24N4O5/c1-2-3-5-15-6-8-16(9-7-15)24-22(29)23-12-4-13-25-20(27)18-11-10-17(26(30)31)14-19(18)21(25)28/h6-11,14H,2-5,12-13H2,1H3,(H2,23,24,29). The van der Waals surface area contributed by atoms with Crippen LogP contribution in [0.25, 0.3) is 0 Å². The summed E-state index contributed by atoms with van der Waals surface area (Å²) in [7, 11) is 0. The Morgan fingerprint density at radius 1 is 1.03 bits per heavy atom. The van der Waals surface area contributed by atoms with Gasteiger partial charge in [-0.2, -0.15) is 0 Å². The molecule has 2 aromatic rings. The molecule has 9 heteroatoms. The molecule has 9 nitrogen and oxygen atoms in total. The first-order chi connectivity index (χ1) is 14.9. The van der Waals surface area contributed by atoms with Crippen LogP contribution in [-0.4, -0.2) is 40.8 Å². The minimum atomic E-state index is -0.609. The minimum absolute atomic E-state index is 0.0345. The fraction of sp³-hybridized carbons (Fsp3) is 0.318. The third-order valence-corrected chi connectivity index (χ3v) is 5.04. The number of nitrogens with one attached hydrogen (secondary N) is 2. The summed E-state index contributed by atoms with van der Waals surface area (Å²) in [6.45, 7) is 2.50. The first-order valence-corrected chi connectivity index (χ1v) is 10.2. The second-order valence-corrected chi connectivity index (χ2v) is 7.28. The van der Waals surface area contributed by atoms with E-state index in [0.717, 1.165) is 30.2 Å². The van der Waals surface area contributed by atoms with Crippen LogP contribution in [0.1, 0.15) is 52.5 Å². The van der Waals surface area contributed by atoms with E-state index in [0.29, 0.717) is 12.1 Å². The number of imide groups is 1. The van der Waals surface area contributed by atoms with Gasteiger partial charge < -0.3 is 10.6 Å². The molecule has 0 saturated carbocycles. The van der Waals surface area contributed by atoms with Gasteiger partial charge in [0.25, 0.3) is 17.5 Å². The number of benzene rings is 2. The van der Waals surface area contributed by atoms with Crippen molar-refractivity contribution < 1.29 is 19.3 Å². The molecule has 0 spiro atoms. The van der Waals surface area contributed by atoms with Crippen molar-refractivity contribution in [3.05, 3.63) is 69.3 Å². The topological polar surface area (TPSA) is 122 Å². The summed E-state index contributed by atoms with van der Waals surface area (Å²) in [5.74, 6) is -1.04. The van der Waals surface area contributed by atoms with Crippen molar-refractivity contribution in [2.45, 2.75) is 32.6 Å². The van der Waals surface area contributed by atoms with E-state index in [-0.39, 0.29) is 35.9 Å². The van der Waals surface area contributed by atoms with Gasteiger partial charge in [-0.15, -0.1) is 0 Å². The van der Waals surface area contributed by atoms with E-state index < -0.39 is 16.7 Å². The summed E-state index contributed by atoms with van der Waals surface area (Å²) < 4.78 is 0. The average molecular weight is 424 g/mol. The Kier molecular flexibility index (Phi) is 6.96. The molecule has 1 aliphatic rings. The summed E-state index contributed by atoms with van der Waals surface area (Å²) in [5.41, 5.74) is 1.85. The van der Waals surface area contributed by atoms with Crippen molar-refractivity contribution in [2.75, 3.05) is 18.4 Å². The highest BCUT2D eigenvalue weighted by atomic mass is 16.6. The molecule has 0 unspecified atom stereocenters. The summed E-state index contributed by atoms with van der Waals surface area (Å²) in [4.78, 5) is 48.2. The zero-order valence-electron chi connectivity index (χ0n) is 17.2. The van der Waals surface area contributed by atoms with Gasteiger partial charge in [0, 0.05) is 30.9 Å². The molecule has 0 bridgehead atoms. The maximum atomic E-state index is 12.4. The molecule has 0 atom stereocenters. The third kappa shape index (κ3) is 5.25. The van der Waals surface area contributed by atoms with Crippen molar-refractivity contribution in [1.82, 2.24) is 10.2 Å². The van der Waals surface area contributed by atoms with Crippen LogP contribution in [0.5, 0.6) is 0 Å². The van der Waals surface area contributed by atoms with E-state index in [9.17, 15) is 24.5 Å². The maximum Gasteiger partial charge on any atom is 0.319 e. The quantitative estimate of drug-likeness (QED) is 0.275. The molecule has 1 heterocycles. The number of fused-ring (bicyclic) bond motifs is 1. The van der Waals surface area contributed by atoms with Crippen LogP contribution in [0.4, 0.5) is 16.2 Å². The number of nitro groups is 1. The number of nitrogens with zero attached hydrogens (tertiary/aromatic N) is 2. The van der Waals surface area contributed by atoms with Gasteiger partial charge in [-0.05, 0) is 43.0 Å². The summed E-state index contributed by atoms with van der Waals surface area (Å²) in [6, 6.07) is 10.9. The Bertz CT molecular complexity index is 1000. The number of amides is 4. The second kappa shape index (κ2) is 9.84. The van der Waals surface area contributed by atoms with E-state index in [1.54, 1.807) is 0 Å². The zero-order valence-corrected chi connectivity index (χ0v) is 17.2. The molecular weight excluding hydrogens is 400 g/mol. The maximum absolute atomic E-state index is 12.4. The Morgan fingerprint density at radius 3 is 2.42 bits per heavy atom. The Balaban J connectivity index is 1.45. The molecule has 162 valence electrons. The number of carbonyl (C=O) groups is 3. The molecule has 1 aliphatic heterocycles. The molecule has 3 rings (SSSR count). The van der Waals surface area contributed by atoms with Gasteiger partial charge in [-0.3, -0.25) is 24.6 Å². The van der Waals surface area contributed by atoms with Crippen LogP contribution in [0.15, 0.2) is 42.5 Å². The van der Waals surface area contributed by atoms with E-state index >= 15 is 0 Å². The fourth-order valence-electron chi connectivity index (χ4n) is 3.35. The lowest BCUT2D eigenvalue weighted by atomic mass is 10.1. The largest absolute Gasteiger partial charge is 0.338 e. The highest BCUT2D eigenvalue weighted by Gasteiger charge is 2.36. The lowest BCUT2D eigenvalue weighted by molar-refractivity contribution is -0.384. The van der Waals surface area contributed by atoms with E-state index in [4.69, 9.17) is 0 Å². The van der Waals surface area contributed by atoms with Crippen LogP contribution in [-0.2, 0) is 6.42 Å². The SMILES string of the molecule is CCCCc1ccc(NC(=O)NCCCN2C(=O)c3ccc([N+](=O)[O-])cc3C2=O)cc1. The van der Waals surface area contributed by atoms with E-state index in [2.05, 4.69) is 17.6 Å². The number of hydrogen-bond donors (Lipinski definition) is 2. The molecule has 0 aliphatic carbocycles. The van der Waals surface area contributed by atoms with Gasteiger partial charge in [0.05, 0.1) is 16.1 Å².